The minimum Gasteiger partial charge on any atom is -0.459 e. The Morgan fingerprint density at radius 2 is 2.33 bits per heavy atom. The average Bonchev–Trinajstić information content (AvgIpc) is 2.73. The van der Waals surface area contributed by atoms with E-state index in [1.165, 1.54) is 6.92 Å². The zero-order chi connectivity index (χ0) is 11.1. The van der Waals surface area contributed by atoms with Crippen LogP contribution < -0.4 is 0 Å². The number of hydrogen-bond donors (Lipinski definition) is 0. The second-order valence-corrected chi connectivity index (χ2v) is 4.84. The summed E-state index contributed by atoms with van der Waals surface area (Å²) < 4.78 is 5.53. The van der Waals surface area contributed by atoms with Gasteiger partial charge < -0.3 is 9.58 Å². The van der Waals surface area contributed by atoms with Crippen LogP contribution in [0.25, 0.3) is 4.85 Å². The first-order chi connectivity index (χ1) is 7.11. The van der Waals surface area contributed by atoms with E-state index in [9.17, 15) is 4.79 Å². The number of rotatable bonds is 2. The van der Waals surface area contributed by atoms with Crippen LogP contribution in [-0.4, -0.2) is 17.6 Å². The maximum atomic E-state index is 11.1. The molecule has 2 bridgehead atoms. The fourth-order valence-electron chi connectivity index (χ4n) is 3.44. The van der Waals surface area contributed by atoms with E-state index in [2.05, 4.69) is 11.8 Å². The maximum Gasteiger partial charge on any atom is 0.303 e. The average molecular weight is 207 g/mol. The molecule has 4 unspecified atom stereocenters. The molecule has 0 radical (unpaired) electrons. The van der Waals surface area contributed by atoms with Gasteiger partial charge in [0.25, 0.3) is 0 Å². The predicted octanol–water partition coefficient (Wildman–Crippen LogP) is 2.42. The van der Waals surface area contributed by atoms with Crippen LogP contribution in [0.15, 0.2) is 0 Å². The number of carbonyl (C=O) groups is 1. The highest BCUT2D eigenvalue weighted by molar-refractivity contribution is 5.66. The van der Waals surface area contributed by atoms with E-state index in [1.807, 2.05) is 0 Å². The van der Waals surface area contributed by atoms with E-state index >= 15 is 0 Å². The quantitative estimate of drug-likeness (QED) is 0.514. The van der Waals surface area contributed by atoms with E-state index in [1.54, 1.807) is 0 Å². The molecule has 0 heterocycles. The highest BCUT2D eigenvalue weighted by atomic mass is 16.6. The summed E-state index contributed by atoms with van der Waals surface area (Å²) in [7, 11) is 0. The Kier molecular flexibility index (Phi) is 2.46. The smallest absolute Gasteiger partial charge is 0.303 e. The molecule has 2 rings (SSSR count). The van der Waals surface area contributed by atoms with Gasteiger partial charge in [0, 0.05) is 25.2 Å². The highest BCUT2D eigenvalue weighted by Gasteiger charge is 2.59. The molecule has 2 saturated carbocycles. The van der Waals surface area contributed by atoms with Crippen molar-refractivity contribution in [3.05, 3.63) is 11.4 Å². The molecule has 0 saturated heterocycles. The summed E-state index contributed by atoms with van der Waals surface area (Å²) in [6.45, 7) is 10.7. The van der Waals surface area contributed by atoms with Crippen LogP contribution in [0.4, 0.5) is 0 Å². The molecular weight excluding hydrogens is 190 g/mol. The summed E-state index contributed by atoms with van der Waals surface area (Å²) in [6, 6.07) is 0.185. The number of esters is 1. The summed E-state index contributed by atoms with van der Waals surface area (Å²) in [5.41, 5.74) is -0.238. The Bertz CT molecular complexity index is 320. The summed E-state index contributed by atoms with van der Waals surface area (Å²) in [4.78, 5) is 14.8. The lowest BCUT2D eigenvalue weighted by Gasteiger charge is -2.36. The molecule has 0 aromatic carbocycles. The van der Waals surface area contributed by atoms with Crippen molar-refractivity contribution < 1.29 is 9.53 Å². The van der Waals surface area contributed by atoms with E-state index in [0.29, 0.717) is 11.8 Å². The lowest BCUT2D eigenvalue weighted by molar-refractivity contribution is -0.163. The first-order valence-corrected chi connectivity index (χ1v) is 5.67. The minimum atomic E-state index is -0.238. The summed E-state index contributed by atoms with van der Waals surface area (Å²) >= 11 is 0. The van der Waals surface area contributed by atoms with Gasteiger partial charge in [-0.25, -0.2) is 6.57 Å². The lowest BCUT2D eigenvalue weighted by Crippen LogP contribution is -2.41. The Hall–Kier alpha value is -1.04. The molecule has 2 fully saturated rings. The van der Waals surface area contributed by atoms with E-state index in [4.69, 9.17) is 11.3 Å². The summed E-state index contributed by atoms with van der Waals surface area (Å²) in [5.74, 6) is 0.714. The molecule has 2 aliphatic rings. The lowest BCUT2D eigenvalue weighted by atomic mass is 9.80. The molecule has 4 atom stereocenters. The van der Waals surface area contributed by atoms with Crippen LogP contribution in [-0.2, 0) is 9.53 Å². The van der Waals surface area contributed by atoms with Gasteiger partial charge in [-0.2, -0.15) is 0 Å². The van der Waals surface area contributed by atoms with Crippen LogP contribution in [0.5, 0.6) is 0 Å². The first kappa shape index (κ1) is 10.5. The largest absolute Gasteiger partial charge is 0.459 e. The van der Waals surface area contributed by atoms with Gasteiger partial charge in [-0.15, -0.1) is 0 Å². The van der Waals surface area contributed by atoms with Crippen molar-refractivity contribution in [3.8, 4) is 0 Å². The van der Waals surface area contributed by atoms with E-state index in [0.717, 1.165) is 25.7 Å². The number of nitrogens with zero attached hydrogens (tertiary/aromatic N) is 1. The minimum absolute atomic E-state index is 0.177. The van der Waals surface area contributed by atoms with Crippen molar-refractivity contribution in [2.45, 2.75) is 51.2 Å². The van der Waals surface area contributed by atoms with Gasteiger partial charge in [0.1, 0.15) is 5.60 Å². The fraction of sp³-hybridized carbons (Fsp3) is 0.833. The van der Waals surface area contributed by atoms with Crippen LogP contribution in [0.1, 0.15) is 39.5 Å². The van der Waals surface area contributed by atoms with Crippen LogP contribution in [0, 0.1) is 18.4 Å². The molecule has 2 aliphatic carbocycles. The second-order valence-electron chi connectivity index (χ2n) is 4.84. The summed E-state index contributed by atoms with van der Waals surface area (Å²) in [5, 5.41) is 0. The Labute approximate surface area is 90.6 Å². The van der Waals surface area contributed by atoms with Crippen molar-refractivity contribution in [1.29, 1.82) is 0 Å². The standard InChI is InChI=1S/C12H17NO2/c1-4-12(15-8(2)14)7-9-5-10(12)6-11(9)13-3/h9-11H,4-7H2,1-2H3. The maximum absolute atomic E-state index is 11.1. The van der Waals surface area contributed by atoms with E-state index in [-0.39, 0.29) is 17.6 Å². The van der Waals surface area contributed by atoms with Gasteiger partial charge in [-0.1, -0.05) is 6.92 Å². The van der Waals surface area contributed by atoms with Gasteiger partial charge in [-0.3, -0.25) is 4.79 Å². The fourth-order valence-corrected chi connectivity index (χ4v) is 3.44. The third-order valence-electron chi connectivity index (χ3n) is 4.12. The monoisotopic (exact) mass is 207 g/mol. The van der Waals surface area contributed by atoms with Crippen molar-refractivity contribution in [1.82, 2.24) is 0 Å². The number of ether oxygens (including phenoxy) is 1. The van der Waals surface area contributed by atoms with Gasteiger partial charge in [0.05, 0.1) is 0 Å². The van der Waals surface area contributed by atoms with Crippen molar-refractivity contribution in [2.75, 3.05) is 0 Å². The Morgan fingerprint density at radius 1 is 1.60 bits per heavy atom. The van der Waals surface area contributed by atoms with Gasteiger partial charge in [0.15, 0.2) is 0 Å². The molecule has 0 amide bonds. The van der Waals surface area contributed by atoms with Crippen molar-refractivity contribution >= 4 is 5.97 Å². The molecule has 0 aromatic heterocycles. The molecule has 0 N–H and O–H groups in total. The molecule has 3 nitrogen and oxygen atoms in total. The van der Waals surface area contributed by atoms with Gasteiger partial charge >= 0.3 is 5.97 Å². The number of carbonyl (C=O) groups excluding carboxylic acids is 1. The molecule has 15 heavy (non-hydrogen) atoms. The summed E-state index contributed by atoms with van der Waals surface area (Å²) in [6.07, 6.45) is 3.79. The van der Waals surface area contributed by atoms with E-state index < -0.39 is 0 Å². The predicted molar refractivity (Wildman–Crippen MR) is 56.0 cm³/mol. The number of fused-ring (bicyclic) bond motifs is 2. The van der Waals surface area contributed by atoms with Crippen LogP contribution in [0.3, 0.4) is 0 Å². The first-order valence-electron chi connectivity index (χ1n) is 5.67. The van der Waals surface area contributed by atoms with Crippen molar-refractivity contribution in [2.24, 2.45) is 11.8 Å². The third-order valence-corrected chi connectivity index (χ3v) is 4.12. The zero-order valence-corrected chi connectivity index (χ0v) is 9.32. The second kappa shape index (κ2) is 3.52. The highest BCUT2D eigenvalue weighted by Crippen LogP contribution is 2.55. The van der Waals surface area contributed by atoms with Crippen molar-refractivity contribution in [3.63, 3.8) is 0 Å². The van der Waals surface area contributed by atoms with Crippen LogP contribution in [0.2, 0.25) is 0 Å². The number of hydrogen-bond acceptors (Lipinski definition) is 2. The third kappa shape index (κ3) is 1.52. The normalized spacial score (nSPS) is 42.6. The molecule has 3 heteroatoms. The van der Waals surface area contributed by atoms with Crippen LogP contribution >= 0.6 is 0 Å². The molecular formula is C12H17NO2. The molecule has 0 aliphatic heterocycles. The Balaban J connectivity index is 2.14. The molecule has 0 spiro atoms. The molecule has 82 valence electrons. The van der Waals surface area contributed by atoms with Gasteiger partial charge in [0.2, 0.25) is 6.04 Å². The Morgan fingerprint density at radius 3 is 2.73 bits per heavy atom. The van der Waals surface area contributed by atoms with Gasteiger partial charge in [-0.05, 0) is 19.3 Å². The SMILES string of the molecule is [C-]#[N+]C1CC2CC1CC2(CC)OC(C)=O. The molecule has 0 aromatic rings. The topological polar surface area (TPSA) is 30.7 Å². The zero-order valence-electron chi connectivity index (χ0n) is 9.32.